The number of anilines is 1. The number of carbonyl (C=O) groups excluding carboxylic acids is 1. The zero-order valence-corrected chi connectivity index (χ0v) is 17.1. The molecular formula is C19H29ClN6O. The molecule has 2 unspecified atom stereocenters. The van der Waals surface area contributed by atoms with Crippen LogP contribution in [-0.4, -0.2) is 45.0 Å². The predicted octanol–water partition coefficient (Wildman–Crippen LogP) is 3.55. The second-order valence-corrected chi connectivity index (χ2v) is 8.28. The van der Waals surface area contributed by atoms with Crippen LogP contribution in [0, 0.1) is 11.8 Å². The highest BCUT2D eigenvalue weighted by Crippen LogP contribution is 2.27. The lowest BCUT2D eigenvalue weighted by Crippen LogP contribution is -2.45. The van der Waals surface area contributed by atoms with Gasteiger partial charge in [-0.2, -0.15) is 9.97 Å². The second-order valence-electron chi connectivity index (χ2n) is 7.94. The molecule has 1 aliphatic heterocycles. The Morgan fingerprint density at radius 2 is 2.19 bits per heavy atom. The van der Waals surface area contributed by atoms with Crippen molar-refractivity contribution < 1.29 is 4.79 Å². The summed E-state index contributed by atoms with van der Waals surface area (Å²) in [6.45, 7) is 8.03. The normalized spacial score (nSPS) is 18.9. The molecule has 0 aliphatic carbocycles. The van der Waals surface area contributed by atoms with Crippen LogP contribution in [0.25, 0.3) is 11.2 Å². The Bertz CT molecular complexity index is 777. The molecule has 148 valence electrons. The van der Waals surface area contributed by atoms with E-state index in [9.17, 15) is 4.79 Å². The van der Waals surface area contributed by atoms with Gasteiger partial charge in [-0.05, 0) is 43.7 Å². The third kappa shape index (κ3) is 5.09. The van der Waals surface area contributed by atoms with Gasteiger partial charge in [-0.25, -0.2) is 4.98 Å². The maximum atomic E-state index is 12.7. The van der Waals surface area contributed by atoms with Crippen molar-refractivity contribution in [2.45, 2.75) is 58.9 Å². The van der Waals surface area contributed by atoms with Crippen LogP contribution in [0.1, 0.15) is 52.9 Å². The fraction of sp³-hybridized carbons (Fsp3) is 0.684. The molecule has 1 aliphatic rings. The van der Waals surface area contributed by atoms with Crippen LogP contribution in [0.15, 0.2) is 6.33 Å². The van der Waals surface area contributed by atoms with Gasteiger partial charge in [-0.3, -0.25) is 4.79 Å². The van der Waals surface area contributed by atoms with E-state index >= 15 is 0 Å². The van der Waals surface area contributed by atoms with Gasteiger partial charge in [0.15, 0.2) is 11.5 Å². The van der Waals surface area contributed by atoms with Crippen molar-refractivity contribution in [1.29, 1.82) is 0 Å². The Morgan fingerprint density at radius 1 is 1.37 bits per heavy atom. The quantitative estimate of drug-likeness (QED) is 0.703. The van der Waals surface area contributed by atoms with E-state index in [4.69, 9.17) is 11.6 Å². The first-order chi connectivity index (χ1) is 12.9. The number of hydrogen-bond donors (Lipinski definition) is 2. The summed E-state index contributed by atoms with van der Waals surface area (Å²) >= 11 is 6.06. The summed E-state index contributed by atoms with van der Waals surface area (Å²) in [6, 6.07) is 0.208. The van der Waals surface area contributed by atoms with Crippen LogP contribution in [-0.2, 0) is 4.79 Å². The number of aromatic nitrogens is 4. The van der Waals surface area contributed by atoms with Crippen molar-refractivity contribution in [2.24, 2.45) is 11.8 Å². The standard InChI is InChI=1S/C19H29ClN6O/c1-12(2)6-4-7-13(3)23-18(27)14-8-5-9-26(10-14)17-15-16(22-11-21-15)24-19(20)25-17/h11-14H,4-10H2,1-3H3,(H,23,27)(H,21,22,24,25). The molecule has 0 spiro atoms. The van der Waals surface area contributed by atoms with Crippen molar-refractivity contribution >= 4 is 34.5 Å². The fourth-order valence-corrected chi connectivity index (χ4v) is 3.83. The molecule has 2 N–H and O–H groups in total. The lowest BCUT2D eigenvalue weighted by molar-refractivity contribution is -0.125. The number of carbonyl (C=O) groups is 1. The number of fused-ring (bicyclic) bond motifs is 1. The van der Waals surface area contributed by atoms with Gasteiger partial charge in [0, 0.05) is 19.1 Å². The fourth-order valence-electron chi connectivity index (χ4n) is 3.67. The van der Waals surface area contributed by atoms with Crippen LogP contribution in [0.5, 0.6) is 0 Å². The first kappa shape index (κ1) is 19.9. The van der Waals surface area contributed by atoms with E-state index in [1.165, 1.54) is 6.42 Å². The third-order valence-electron chi connectivity index (χ3n) is 5.14. The lowest BCUT2D eigenvalue weighted by atomic mass is 9.96. The Morgan fingerprint density at radius 3 is 2.96 bits per heavy atom. The summed E-state index contributed by atoms with van der Waals surface area (Å²) in [7, 11) is 0. The minimum atomic E-state index is -0.0435. The molecule has 0 saturated carbocycles. The van der Waals surface area contributed by atoms with Gasteiger partial charge in [-0.1, -0.05) is 26.7 Å². The van der Waals surface area contributed by atoms with Gasteiger partial charge in [0.05, 0.1) is 12.2 Å². The molecule has 1 amide bonds. The predicted molar refractivity (Wildman–Crippen MR) is 108 cm³/mol. The first-order valence-electron chi connectivity index (χ1n) is 9.86. The maximum absolute atomic E-state index is 12.7. The molecule has 0 radical (unpaired) electrons. The van der Waals surface area contributed by atoms with Gasteiger partial charge in [0.2, 0.25) is 11.2 Å². The minimum absolute atomic E-state index is 0.0435. The Kier molecular flexibility index (Phi) is 6.52. The summed E-state index contributed by atoms with van der Waals surface area (Å²) in [5, 5.41) is 3.37. The summed E-state index contributed by atoms with van der Waals surface area (Å²) in [6.07, 6.45) is 6.80. The van der Waals surface area contributed by atoms with E-state index in [1.807, 2.05) is 0 Å². The van der Waals surface area contributed by atoms with Crippen molar-refractivity contribution in [1.82, 2.24) is 25.3 Å². The van der Waals surface area contributed by atoms with E-state index in [2.05, 4.69) is 50.9 Å². The monoisotopic (exact) mass is 392 g/mol. The van der Waals surface area contributed by atoms with Crippen LogP contribution in [0.4, 0.5) is 5.82 Å². The van der Waals surface area contributed by atoms with E-state index < -0.39 is 0 Å². The Balaban J connectivity index is 1.62. The number of rotatable bonds is 7. The molecule has 1 fully saturated rings. The number of nitrogens with one attached hydrogen (secondary N) is 2. The van der Waals surface area contributed by atoms with Gasteiger partial charge >= 0.3 is 0 Å². The summed E-state index contributed by atoms with van der Waals surface area (Å²) in [5.41, 5.74) is 1.32. The molecule has 1 saturated heterocycles. The molecule has 0 bridgehead atoms. The highest BCUT2D eigenvalue weighted by molar-refractivity contribution is 6.28. The third-order valence-corrected chi connectivity index (χ3v) is 5.31. The second kappa shape index (κ2) is 8.87. The summed E-state index contributed by atoms with van der Waals surface area (Å²) in [4.78, 5) is 30.6. The largest absolute Gasteiger partial charge is 0.354 e. The number of imidazole rings is 1. The molecule has 0 aromatic carbocycles. The summed E-state index contributed by atoms with van der Waals surface area (Å²) < 4.78 is 0. The average Bonchev–Trinajstić information content (AvgIpc) is 3.09. The van der Waals surface area contributed by atoms with Crippen molar-refractivity contribution in [3.05, 3.63) is 11.6 Å². The molecule has 3 rings (SSSR count). The van der Waals surface area contributed by atoms with E-state index in [1.54, 1.807) is 6.33 Å². The topological polar surface area (TPSA) is 86.8 Å². The smallest absolute Gasteiger partial charge is 0.226 e. The molecule has 2 aromatic rings. The highest BCUT2D eigenvalue weighted by atomic mass is 35.5. The molecule has 8 heteroatoms. The van der Waals surface area contributed by atoms with Crippen LogP contribution in [0.3, 0.4) is 0 Å². The van der Waals surface area contributed by atoms with Crippen molar-refractivity contribution in [3.8, 4) is 0 Å². The van der Waals surface area contributed by atoms with Gasteiger partial charge in [0.25, 0.3) is 0 Å². The SMILES string of the molecule is CC(C)CCCC(C)NC(=O)C1CCCN(c2nc(Cl)nc3nc[nH]c23)C1. The van der Waals surface area contributed by atoms with Gasteiger partial charge < -0.3 is 15.2 Å². The molecule has 7 nitrogen and oxygen atoms in total. The first-order valence-corrected chi connectivity index (χ1v) is 10.2. The number of piperidine rings is 1. The Hall–Kier alpha value is -1.89. The van der Waals surface area contributed by atoms with Crippen molar-refractivity contribution in [2.75, 3.05) is 18.0 Å². The number of hydrogen-bond acceptors (Lipinski definition) is 5. The molecular weight excluding hydrogens is 364 g/mol. The Labute approximate surface area is 165 Å². The zero-order chi connectivity index (χ0) is 19.4. The van der Waals surface area contributed by atoms with E-state index in [0.717, 1.165) is 43.6 Å². The lowest BCUT2D eigenvalue weighted by Gasteiger charge is -2.33. The highest BCUT2D eigenvalue weighted by Gasteiger charge is 2.28. The number of aromatic amines is 1. The number of nitrogens with zero attached hydrogens (tertiary/aromatic N) is 4. The molecule has 27 heavy (non-hydrogen) atoms. The van der Waals surface area contributed by atoms with E-state index in [0.29, 0.717) is 18.1 Å². The van der Waals surface area contributed by atoms with Gasteiger partial charge in [0.1, 0.15) is 5.52 Å². The molecule has 2 atom stereocenters. The number of H-pyrrole nitrogens is 1. The van der Waals surface area contributed by atoms with Gasteiger partial charge in [-0.15, -0.1) is 0 Å². The van der Waals surface area contributed by atoms with Crippen molar-refractivity contribution in [3.63, 3.8) is 0 Å². The number of halogens is 1. The van der Waals surface area contributed by atoms with Crippen LogP contribution in [0.2, 0.25) is 5.28 Å². The number of amides is 1. The summed E-state index contributed by atoms with van der Waals surface area (Å²) in [5.74, 6) is 1.53. The van der Waals surface area contributed by atoms with E-state index in [-0.39, 0.29) is 23.2 Å². The zero-order valence-electron chi connectivity index (χ0n) is 16.3. The van der Waals surface area contributed by atoms with Crippen LogP contribution >= 0.6 is 11.6 Å². The molecule has 3 heterocycles. The maximum Gasteiger partial charge on any atom is 0.226 e. The average molecular weight is 393 g/mol. The minimum Gasteiger partial charge on any atom is -0.354 e. The van der Waals surface area contributed by atoms with Crippen LogP contribution < -0.4 is 10.2 Å². The molecule has 2 aromatic heterocycles.